The van der Waals surface area contributed by atoms with Gasteiger partial charge in [0, 0.05) is 10.2 Å². The Morgan fingerprint density at radius 2 is 1.41 bits per heavy atom. The maximum atomic E-state index is 12.9. The SMILES string of the molecule is O=C1[C@@H]2[C@H](C(=O)N1c1ccc(S(=O)(=O)Nc3ccc(Br)cc3)cc1)[C@H]1C=C[C@H]2C1. The van der Waals surface area contributed by atoms with Crippen LogP contribution in [0, 0.1) is 23.7 Å². The van der Waals surface area contributed by atoms with Crippen molar-refractivity contribution < 1.29 is 18.0 Å². The number of allylic oxidation sites excluding steroid dienone is 2. The van der Waals surface area contributed by atoms with Crippen molar-refractivity contribution in [2.45, 2.75) is 11.3 Å². The van der Waals surface area contributed by atoms with Gasteiger partial charge in [0.1, 0.15) is 0 Å². The molecule has 8 heteroatoms. The number of imide groups is 1. The number of fused-ring (bicyclic) bond motifs is 5. The van der Waals surface area contributed by atoms with Gasteiger partial charge in [0.15, 0.2) is 0 Å². The molecule has 2 aromatic rings. The molecular weight excluding hydrogens is 456 g/mol. The van der Waals surface area contributed by atoms with Crippen molar-refractivity contribution in [2.24, 2.45) is 23.7 Å². The van der Waals surface area contributed by atoms with E-state index in [1.807, 2.05) is 12.2 Å². The number of carbonyl (C=O) groups is 2. The molecule has 1 aliphatic heterocycles. The Hall–Kier alpha value is -2.45. The summed E-state index contributed by atoms with van der Waals surface area (Å²) in [6.45, 7) is 0. The third-order valence-corrected chi connectivity index (χ3v) is 7.90. The average Bonchev–Trinajstić information content (AvgIpc) is 3.37. The van der Waals surface area contributed by atoms with Crippen molar-refractivity contribution in [1.82, 2.24) is 0 Å². The minimum Gasteiger partial charge on any atom is -0.280 e. The number of anilines is 2. The van der Waals surface area contributed by atoms with Gasteiger partial charge < -0.3 is 0 Å². The summed E-state index contributed by atoms with van der Waals surface area (Å²) < 4.78 is 28.6. The van der Waals surface area contributed by atoms with E-state index in [1.54, 1.807) is 24.3 Å². The van der Waals surface area contributed by atoms with Crippen LogP contribution in [0.15, 0.2) is 70.1 Å². The number of carbonyl (C=O) groups excluding carboxylic acids is 2. The van der Waals surface area contributed by atoms with Gasteiger partial charge >= 0.3 is 0 Å². The second kappa shape index (κ2) is 6.53. The predicted molar refractivity (Wildman–Crippen MR) is 112 cm³/mol. The molecule has 2 aliphatic carbocycles. The standard InChI is InChI=1S/C21H17BrN2O4S/c22-14-3-5-15(6-4-14)23-29(27,28)17-9-7-16(8-10-17)24-20(25)18-12-1-2-13(11-12)19(18)21(24)26/h1-10,12-13,18-19,23H,11H2/t12-,13-,18-,19+/m0/s1. The van der Waals surface area contributed by atoms with E-state index in [-0.39, 0.29) is 40.4 Å². The van der Waals surface area contributed by atoms with Crippen molar-refractivity contribution in [3.63, 3.8) is 0 Å². The van der Waals surface area contributed by atoms with Crippen LogP contribution >= 0.6 is 15.9 Å². The smallest absolute Gasteiger partial charge is 0.261 e. The molecule has 1 saturated carbocycles. The van der Waals surface area contributed by atoms with Crippen molar-refractivity contribution in [3.05, 3.63) is 65.2 Å². The molecule has 2 aromatic carbocycles. The minimum absolute atomic E-state index is 0.0604. The van der Waals surface area contributed by atoms with E-state index in [0.717, 1.165) is 10.9 Å². The van der Waals surface area contributed by atoms with Crippen LogP contribution in [0.25, 0.3) is 0 Å². The normalized spacial score (nSPS) is 27.6. The molecular formula is C21H17BrN2O4S. The van der Waals surface area contributed by atoms with E-state index in [2.05, 4.69) is 20.7 Å². The van der Waals surface area contributed by atoms with Crippen LogP contribution in [-0.2, 0) is 19.6 Å². The molecule has 0 unspecified atom stereocenters. The summed E-state index contributed by atoms with van der Waals surface area (Å²) in [6.07, 6.45) is 4.97. The molecule has 3 aliphatic rings. The third-order valence-electron chi connectivity index (χ3n) is 5.97. The van der Waals surface area contributed by atoms with Crippen molar-refractivity contribution >= 4 is 49.1 Å². The van der Waals surface area contributed by atoms with Gasteiger partial charge in [0.2, 0.25) is 11.8 Å². The number of amides is 2. The van der Waals surface area contributed by atoms with Gasteiger partial charge in [-0.2, -0.15) is 0 Å². The lowest BCUT2D eigenvalue weighted by Gasteiger charge is -2.17. The van der Waals surface area contributed by atoms with Gasteiger partial charge in [-0.1, -0.05) is 28.1 Å². The van der Waals surface area contributed by atoms with Crippen LogP contribution < -0.4 is 9.62 Å². The highest BCUT2D eigenvalue weighted by atomic mass is 79.9. The molecule has 148 valence electrons. The molecule has 2 amide bonds. The number of rotatable bonds is 4. The van der Waals surface area contributed by atoms with Gasteiger partial charge in [-0.25, -0.2) is 8.42 Å². The first kappa shape index (κ1) is 18.6. The summed E-state index contributed by atoms with van der Waals surface area (Å²) in [7, 11) is -3.78. The van der Waals surface area contributed by atoms with Gasteiger partial charge in [-0.05, 0) is 66.8 Å². The number of nitrogens with one attached hydrogen (secondary N) is 1. The second-order valence-electron chi connectivity index (χ2n) is 7.62. The van der Waals surface area contributed by atoms with Gasteiger partial charge in [0.05, 0.1) is 22.4 Å². The summed E-state index contributed by atoms with van der Waals surface area (Å²) in [5, 5.41) is 0. The van der Waals surface area contributed by atoms with Crippen molar-refractivity contribution in [3.8, 4) is 0 Å². The summed E-state index contributed by atoms with van der Waals surface area (Å²) in [5.74, 6) is -0.636. The summed E-state index contributed by atoms with van der Waals surface area (Å²) in [5.41, 5.74) is 0.856. The fraction of sp³-hybridized carbons (Fsp3) is 0.238. The van der Waals surface area contributed by atoms with Crippen LogP contribution in [0.5, 0.6) is 0 Å². The summed E-state index contributed by atoms with van der Waals surface area (Å²) in [4.78, 5) is 27.0. The Kier molecular flexibility index (Phi) is 4.18. The lowest BCUT2D eigenvalue weighted by atomic mass is 9.85. The fourth-order valence-electron chi connectivity index (χ4n) is 4.66. The predicted octanol–water partition coefficient (Wildman–Crippen LogP) is 3.56. The number of hydrogen-bond donors (Lipinski definition) is 1. The van der Waals surface area contributed by atoms with E-state index in [1.165, 1.54) is 29.2 Å². The van der Waals surface area contributed by atoms with Crippen molar-refractivity contribution in [1.29, 1.82) is 0 Å². The molecule has 6 nitrogen and oxygen atoms in total. The maximum absolute atomic E-state index is 12.9. The second-order valence-corrected chi connectivity index (χ2v) is 10.2. The Morgan fingerprint density at radius 3 is 1.97 bits per heavy atom. The van der Waals surface area contributed by atoms with Crippen molar-refractivity contribution in [2.75, 3.05) is 9.62 Å². The zero-order chi connectivity index (χ0) is 20.3. The molecule has 29 heavy (non-hydrogen) atoms. The lowest BCUT2D eigenvalue weighted by molar-refractivity contribution is -0.123. The molecule has 4 atom stereocenters. The van der Waals surface area contributed by atoms with Gasteiger partial charge in [-0.3, -0.25) is 19.2 Å². The first-order valence-corrected chi connectivity index (χ1v) is 11.6. The molecule has 5 rings (SSSR count). The van der Waals surface area contributed by atoms with Gasteiger partial charge in [0.25, 0.3) is 10.0 Å². The molecule has 1 heterocycles. The molecule has 1 saturated heterocycles. The van der Waals surface area contributed by atoms with Crippen LogP contribution in [0.4, 0.5) is 11.4 Å². The van der Waals surface area contributed by atoms with E-state index < -0.39 is 10.0 Å². The van der Waals surface area contributed by atoms with Crippen LogP contribution in [0.2, 0.25) is 0 Å². The first-order valence-electron chi connectivity index (χ1n) is 9.30. The Morgan fingerprint density at radius 1 is 0.862 bits per heavy atom. The highest BCUT2D eigenvalue weighted by Gasteiger charge is 2.59. The quantitative estimate of drug-likeness (QED) is 0.544. The van der Waals surface area contributed by atoms with Gasteiger partial charge in [-0.15, -0.1) is 0 Å². The minimum atomic E-state index is -3.78. The lowest BCUT2D eigenvalue weighted by Crippen LogP contribution is -2.32. The summed E-state index contributed by atoms with van der Waals surface area (Å²) >= 11 is 3.31. The molecule has 0 radical (unpaired) electrons. The monoisotopic (exact) mass is 472 g/mol. The molecule has 0 spiro atoms. The molecule has 2 fully saturated rings. The Balaban J connectivity index is 1.39. The number of halogens is 1. The van der Waals surface area contributed by atoms with Crippen LogP contribution in [0.3, 0.4) is 0 Å². The van der Waals surface area contributed by atoms with E-state index in [9.17, 15) is 18.0 Å². The number of hydrogen-bond acceptors (Lipinski definition) is 4. The maximum Gasteiger partial charge on any atom is 0.261 e. The molecule has 1 N–H and O–H groups in total. The highest BCUT2D eigenvalue weighted by Crippen LogP contribution is 2.53. The number of benzene rings is 2. The number of nitrogens with zero attached hydrogens (tertiary/aromatic N) is 1. The topological polar surface area (TPSA) is 83.6 Å². The molecule has 0 aromatic heterocycles. The average molecular weight is 473 g/mol. The first-order chi connectivity index (χ1) is 13.8. The fourth-order valence-corrected chi connectivity index (χ4v) is 5.99. The zero-order valence-corrected chi connectivity index (χ0v) is 17.6. The van der Waals surface area contributed by atoms with Crippen LogP contribution in [-0.4, -0.2) is 20.2 Å². The number of sulfonamides is 1. The van der Waals surface area contributed by atoms with E-state index in [4.69, 9.17) is 0 Å². The zero-order valence-electron chi connectivity index (χ0n) is 15.2. The Bertz CT molecular complexity index is 1110. The Labute approximate surface area is 176 Å². The third kappa shape index (κ3) is 2.93. The van der Waals surface area contributed by atoms with E-state index in [0.29, 0.717) is 11.4 Å². The summed E-state index contributed by atoms with van der Waals surface area (Å²) in [6, 6.07) is 12.6. The van der Waals surface area contributed by atoms with Crippen LogP contribution in [0.1, 0.15) is 6.42 Å². The largest absolute Gasteiger partial charge is 0.280 e. The van der Waals surface area contributed by atoms with E-state index >= 15 is 0 Å². The molecule has 2 bridgehead atoms. The highest BCUT2D eigenvalue weighted by molar-refractivity contribution is 9.10.